The maximum atomic E-state index is 12.4. The van der Waals surface area contributed by atoms with Crippen LogP contribution in [-0.4, -0.2) is 58.3 Å². The van der Waals surface area contributed by atoms with Crippen molar-refractivity contribution in [1.82, 2.24) is 15.1 Å². The second-order valence-electron chi connectivity index (χ2n) is 11.2. The fourth-order valence-corrected chi connectivity index (χ4v) is 6.48. The molecule has 214 valence electrons. The molecule has 2 aromatic carbocycles. The highest BCUT2D eigenvalue weighted by Crippen LogP contribution is 2.30. The van der Waals surface area contributed by atoms with E-state index in [0.29, 0.717) is 34.4 Å². The molecule has 40 heavy (non-hydrogen) atoms. The number of nitrogens with one attached hydrogen (secondary N) is 3. The van der Waals surface area contributed by atoms with Crippen LogP contribution in [0.4, 0.5) is 23.0 Å². The van der Waals surface area contributed by atoms with Crippen LogP contribution in [0.5, 0.6) is 5.75 Å². The first-order valence-corrected chi connectivity index (χ1v) is 15.7. The number of H-pyrrole nitrogens is 1. The van der Waals surface area contributed by atoms with Gasteiger partial charge in [-0.2, -0.15) is 5.10 Å². The zero-order valence-electron chi connectivity index (χ0n) is 23.3. The van der Waals surface area contributed by atoms with Crippen LogP contribution < -0.4 is 21.3 Å². The van der Waals surface area contributed by atoms with Crippen LogP contribution in [0.2, 0.25) is 0 Å². The van der Waals surface area contributed by atoms with Crippen LogP contribution in [0.3, 0.4) is 0 Å². The average molecular weight is 658 g/mol. The molecule has 0 saturated carbocycles. The molecule has 10 heteroatoms. The number of carbonyl (C=O) groups excluding carboxylic acids is 1. The lowest BCUT2D eigenvalue weighted by Gasteiger charge is -2.42. The van der Waals surface area contributed by atoms with Crippen molar-refractivity contribution in [2.45, 2.75) is 56.5 Å². The van der Waals surface area contributed by atoms with E-state index in [1.165, 1.54) is 44.5 Å². The number of likely N-dealkylation sites (tertiary alicyclic amines) is 1. The number of amides is 1. The summed E-state index contributed by atoms with van der Waals surface area (Å²) in [6.45, 7) is 9.35. The summed E-state index contributed by atoms with van der Waals surface area (Å²) in [5, 5.41) is 23.9. The van der Waals surface area contributed by atoms with Crippen LogP contribution in [0, 0.1) is 12.8 Å². The Morgan fingerprint density at radius 1 is 1.12 bits per heavy atom. The van der Waals surface area contributed by atoms with Gasteiger partial charge in [-0.05, 0) is 93.1 Å². The summed E-state index contributed by atoms with van der Waals surface area (Å²) in [6, 6.07) is 12.9. The number of aryl methyl sites for hydroxylation is 1. The number of hydrogen-bond donors (Lipinski definition) is 5. The number of hydrogen-bond acceptors (Lipinski definition) is 7. The van der Waals surface area contributed by atoms with Gasteiger partial charge in [0.2, 0.25) is 0 Å². The largest absolute Gasteiger partial charge is 0.507 e. The normalized spacial score (nSPS) is 17.2. The number of carbonyl (C=O) groups is 1. The van der Waals surface area contributed by atoms with E-state index in [1.54, 1.807) is 0 Å². The monoisotopic (exact) mass is 657 g/mol. The zero-order chi connectivity index (χ0) is 28.2. The van der Waals surface area contributed by atoms with Gasteiger partial charge in [0.25, 0.3) is 5.91 Å². The minimum absolute atomic E-state index is 0.280. The van der Waals surface area contributed by atoms with E-state index in [0.717, 1.165) is 41.4 Å². The van der Waals surface area contributed by atoms with Gasteiger partial charge in [0.05, 0.1) is 0 Å². The average Bonchev–Trinajstić information content (AvgIpc) is 3.37. The Morgan fingerprint density at radius 3 is 2.48 bits per heavy atom. The van der Waals surface area contributed by atoms with E-state index >= 15 is 0 Å². The number of nitrogens with two attached hydrogens (primary N) is 1. The summed E-state index contributed by atoms with van der Waals surface area (Å²) >= 11 is 2.23. The molecule has 1 aromatic heterocycles. The molecule has 1 amide bonds. The molecule has 0 unspecified atom stereocenters. The number of piperidine rings is 2. The molecule has 0 radical (unpaired) electrons. The lowest BCUT2D eigenvalue weighted by molar-refractivity contribution is 0.100. The molecule has 3 aromatic rings. The van der Waals surface area contributed by atoms with Crippen LogP contribution in [0.15, 0.2) is 36.4 Å². The number of phenolic OH excluding ortho intramolecular Hbond substituents is 1. The van der Waals surface area contributed by atoms with E-state index in [1.807, 2.05) is 31.2 Å². The molecule has 3 heterocycles. The van der Waals surface area contributed by atoms with Crippen molar-refractivity contribution < 1.29 is 9.90 Å². The maximum Gasteiger partial charge on any atom is 0.256 e. The number of aromatic hydroxyl groups is 1. The molecule has 2 aliphatic rings. The Labute approximate surface area is 250 Å². The van der Waals surface area contributed by atoms with Crippen molar-refractivity contribution >= 4 is 51.5 Å². The summed E-state index contributed by atoms with van der Waals surface area (Å²) in [4.78, 5) is 17.5. The SMILES string of the molecule is Cc1cc(CNc2[nH]nc(Nc3ccc(N4CCC(N5CCC(C)CC5)CC4)cc3)c2C(N)=O)cc(CI)c1O. The van der Waals surface area contributed by atoms with Gasteiger partial charge in [0.15, 0.2) is 5.82 Å². The molecule has 2 fully saturated rings. The lowest BCUT2D eigenvalue weighted by Crippen LogP contribution is -2.47. The van der Waals surface area contributed by atoms with Crippen LogP contribution >= 0.6 is 22.6 Å². The summed E-state index contributed by atoms with van der Waals surface area (Å²) in [5.41, 5.74) is 10.8. The number of nitrogens with zero attached hydrogens (tertiary/aromatic N) is 3. The number of halogens is 1. The standard InChI is InChI=1S/C30H40IN7O2/c1-19-7-11-37(12-8-19)25-9-13-38(14-10-25)24-5-3-23(4-6-24)34-30-26(28(32)40)29(35-36-30)33-18-21-15-20(2)27(39)22(16-21)17-31/h3-6,15-16,19,25,39H,7-14,17-18H2,1-2H3,(H2,32,40)(H3,33,34,35,36). The number of phenols is 1. The Bertz CT molecular complexity index is 1310. The van der Waals surface area contributed by atoms with E-state index in [-0.39, 0.29) is 5.56 Å². The predicted octanol–water partition coefficient (Wildman–Crippen LogP) is 5.51. The lowest BCUT2D eigenvalue weighted by atomic mass is 9.95. The summed E-state index contributed by atoms with van der Waals surface area (Å²) in [6.07, 6.45) is 5.08. The van der Waals surface area contributed by atoms with Crippen molar-refractivity contribution in [2.75, 3.05) is 41.7 Å². The molecule has 2 aliphatic heterocycles. The van der Waals surface area contributed by atoms with Crippen molar-refractivity contribution in [3.05, 3.63) is 58.7 Å². The van der Waals surface area contributed by atoms with Gasteiger partial charge in [0.1, 0.15) is 17.1 Å². The third-order valence-electron chi connectivity index (χ3n) is 8.36. The number of aromatic nitrogens is 2. The van der Waals surface area contributed by atoms with Gasteiger partial charge in [-0.1, -0.05) is 35.6 Å². The molecule has 0 bridgehead atoms. The van der Waals surface area contributed by atoms with Crippen molar-refractivity contribution in [3.63, 3.8) is 0 Å². The highest BCUT2D eigenvalue weighted by molar-refractivity contribution is 14.1. The molecule has 5 rings (SSSR count). The second kappa shape index (κ2) is 12.7. The Hall–Kier alpha value is -2.99. The Morgan fingerprint density at radius 2 is 1.82 bits per heavy atom. The van der Waals surface area contributed by atoms with E-state index < -0.39 is 5.91 Å². The number of rotatable bonds is 9. The van der Waals surface area contributed by atoms with E-state index in [4.69, 9.17) is 5.73 Å². The van der Waals surface area contributed by atoms with Crippen LogP contribution in [-0.2, 0) is 11.0 Å². The summed E-state index contributed by atoms with van der Waals surface area (Å²) in [7, 11) is 0. The highest BCUT2D eigenvalue weighted by Gasteiger charge is 2.27. The third-order valence-corrected chi connectivity index (χ3v) is 9.18. The quantitative estimate of drug-likeness (QED) is 0.152. The molecule has 0 spiro atoms. The number of primary amides is 1. The fraction of sp³-hybridized carbons (Fsp3) is 0.467. The van der Waals surface area contributed by atoms with E-state index in [9.17, 15) is 9.90 Å². The third kappa shape index (κ3) is 6.49. The summed E-state index contributed by atoms with van der Waals surface area (Å²) < 4.78 is 0.706. The van der Waals surface area contributed by atoms with Crippen molar-refractivity contribution in [1.29, 1.82) is 0 Å². The van der Waals surface area contributed by atoms with Gasteiger partial charge in [-0.3, -0.25) is 9.89 Å². The Kier molecular flexibility index (Phi) is 9.04. The van der Waals surface area contributed by atoms with Gasteiger partial charge < -0.3 is 31.3 Å². The fourth-order valence-electron chi connectivity index (χ4n) is 5.90. The minimum atomic E-state index is -0.573. The number of anilines is 4. The number of benzene rings is 2. The first-order chi connectivity index (χ1) is 19.3. The number of aromatic amines is 1. The smallest absolute Gasteiger partial charge is 0.256 e. The van der Waals surface area contributed by atoms with Gasteiger partial charge >= 0.3 is 0 Å². The zero-order valence-corrected chi connectivity index (χ0v) is 25.5. The molecule has 0 aliphatic carbocycles. The van der Waals surface area contributed by atoms with E-state index in [2.05, 4.69) is 72.3 Å². The summed E-state index contributed by atoms with van der Waals surface area (Å²) in [5.74, 6) is 1.46. The number of alkyl halides is 1. The maximum absolute atomic E-state index is 12.4. The van der Waals surface area contributed by atoms with Gasteiger partial charge in [-0.25, -0.2) is 0 Å². The van der Waals surface area contributed by atoms with Gasteiger partial charge in [-0.15, -0.1) is 0 Å². The molecular weight excluding hydrogens is 617 g/mol. The molecular formula is C30H40IN7O2. The second-order valence-corrected chi connectivity index (χ2v) is 12.0. The van der Waals surface area contributed by atoms with Gasteiger partial charge in [0, 0.05) is 47.0 Å². The first-order valence-electron chi connectivity index (χ1n) is 14.2. The van der Waals surface area contributed by atoms with Crippen molar-refractivity contribution in [2.24, 2.45) is 11.7 Å². The molecule has 0 atom stereocenters. The Balaban J connectivity index is 1.19. The first kappa shape index (κ1) is 28.5. The molecule has 6 N–H and O–H groups in total. The van der Waals surface area contributed by atoms with Crippen LogP contribution in [0.1, 0.15) is 59.7 Å². The molecule has 2 saturated heterocycles. The predicted molar refractivity (Wildman–Crippen MR) is 170 cm³/mol. The topological polar surface area (TPSA) is 123 Å². The van der Waals surface area contributed by atoms with Crippen molar-refractivity contribution in [3.8, 4) is 5.75 Å². The van der Waals surface area contributed by atoms with Crippen LogP contribution in [0.25, 0.3) is 0 Å². The molecule has 9 nitrogen and oxygen atoms in total. The minimum Gasteiger partial charge on any atom is -0.507 e. The highest BCUT2D eigenvalue weighted by atomic mass is 127.